The molecule has 0 fully saturated rings. The van der Waals surface area contributed by atoms with Gasteiger partial charge in [-0.2, -0.15) is 0 Å². The summed E-state index contributed by atoms with van der Waals surface area (Å²) in [6, 6.07) is 0. The molecule has 0 aromatic carbocycles. The van der Waals surface area contributed by atoms with E-state index in [9.17, 15) is 0 Å². The van der Waals surface area contributed by atoms with E-state index in [2.05, 4.69) is 54.6 Å². The monoisotopic (exact) mass is 203 g/mol. The minimum Gasteiger partial charge on any atom is -0.110 e. The molecule has 0 aliphatic rings. The molecule has 0 aliphatic carbocycles. The van der Waals surface area contributed by atoms with Gasteiger partial charge in [0.2, 0.25) is 0 Å². The first-order valence-electron chi connectivity index (χ1n) is 4.67. The maximum absolute atomic E-state index is 2.47. The maximum Gasteiger partial charge on any atom is 0.0747 e. The van der Waals surface area contributed by atoms with Crippen molar-refractivity contribution in [2.75, 3.05) is 0 Å². The number of rotatable bonds is 1. The van der Waals surface area contributed by atoms with Crippen molar-refractivity contribution in [3.63, 3.8) is 0 Å². The first-order chi connectivity index (χ1) is 5.07. The summed E-state index contributed by atoms with van der Waals surface area (Å²) in [7, 11) is 0.0772. The van der Waals surface area contributed by atoms with Gasteiger partial charge in [-0.25, -0.2) is 0 Å². The van der Waals surface area contributed by atoms with Gasteiger partial charge in [0, 0.05) is 0 Å². The lowest BCUT2D eigenvalue weighted by atomic mass is 10.2. The molecule has 0 aromatic rings. The van der Waals surface area contributed by atoms with Gasteiger partial charge >= 0.3 is 0 Å². The molecule has 0 N–H and O–H groups in total. The molecular weight excluding hydrogens is 179 g/mol. The van der Waals surface area contributed by atoms with E-state index in [0.717, 1.165) is 0 Å². The summed E-state index contributed by atoms with van der Waals surface area (Å²) >= 11 is 0. The van der Waals surface area contributed by atoms with E-state index in [1.165, 1.54) is 0 Å². The first kappa shape index (κ1) is 12.6. The molecule has 0 aromatic heterocycles. The molecule has 0 rings (SSSR count). The molecule has 0 saturated heterocycles. The van der Waals surface area contributed by atoms with Crippen LogP contribution in [-0.4, -0.2) is 18.8 Å². The highest BCUT2D eigenvalue weighted by Crippen LogP contribution is 2.60. The van der Waals surface area contributed by atoms with Gasteiger partial charge in [0.1, 0.15) is 0 Å². The third-order valence-corrected chi connectivity index (χ3v) is 12.1. The molecule has 2 heteroatoms. The van der Waals surface area contributed by atoms with Crippen LogP contribution in [0.1, 0.15) is 41.5 Å². The van der Waals surface area contributed by atoms with Crippen molar-refractivity contribution in [2.45, 2.75) is 64.9 Å². The fraction of sp³-hybridized carbons (Fsp3) is 1.00. The van der Waals surface area contributed by atoms with Crippen LogP contribution in [-0.2, 0) is 0 Å². The van der Waals surface area contributed by atoms with Crippen molar-refractivity contribution < 1.29 is 0 Å². The second-order valence-corrected chi connectivity index (χ2v) is 14.9. The van der Waals surface area contributed by atoms with Gasteiger partial charge in [0.15, 0.2) is 0 Å². The topological polar surface area (TPSA) is 0 Å². The summed E-state index contributed by atoms with van der Waals surface area (Å²) < 4.78 is 0. The summed E-state index contributed by atoms with van der Waals surface area (Å²) in [6.45, 7) is 19.4. The summed E-state index contributed by atoms with van der Waals surface area (Å²) in [5.41, 5.74) is 0. The van der Waals surface area contributed by atoms with Crippen LogP contribution in [0, 0.1) is 0 Å². The first-order valence-corrected chi connectivity index (χ1v) is 9.35. The molecule has 0 amide bonds. The highest BCUT2D eigenvalue weighted by Gasteiger charge is 2.36. The third kappa shape index (κ3) is 3.58. The van der Waals surface area contributed by atoms with Gasteiger partial charge < -0.3 is 0 Å². The van der Waals surface area contributed by atoms with Crippen molar-refractivity contribution in [1.82, 2.24) is 0 Å². The summed E-state index contributed by atoms with van der Waals surface area (Å²) in [5.74, 6) is 0. The van der Waals surface area contributed by atoms with Crippen LogP contribution in [0.25, 0.3) is 0 Å². The standard InChI is InChI=1S/C10H24PSi/c1-9(2,3)11(12(7)8)10(4,5)6/h1-8H3. The van der Waals surface area contributed by atoms with Crippen LogP contribution in [0.15, 0.2) is 0 Å². The van der Waals surface area contributed by atoms with Gasteiger partial charge in [0.05, 0.1) is 8.46 Å². The normalized spacial score (nSPS) is 14.5. The van der Waals surface area contributed by atoms with E-state index in [0.29, 0.717) is 10.3 Å². The largest absolute Gasteiger partial charge is 0.110 e. The molecule has 1 radical (unpaired) electrons. The molecule has 0 nitrogen and oxygen atoms in total. The third-order valence-electron chi connectivity index (χ3n) is 1.79. The minimum atomic E-state index is -0.123. The van der Waals surface area contributed by atoms with Crippen molar-refractivity contribution in [2.24, 2.45) is 0 Å². The van der Waals surface area contributed by atoms with Crippen molar-refractivity contribution in [3.8, 4) is 0 Å². The van der Waals surface area contributed by atoms with Gasteiger partial charge in [-0.05, 0) is 10.3 Å². The SMILES string of the molecule is C[Si](C)P(C(C)(C)C)C(C)(C)C. The lowest BCUT2D eigenvalue weighted by Gasteiger charge is -2.44. The van der Waals surface area contributed by atoms with Crippen LogP contribution in [0.5, 0.6) is 0 Å². The highest BCUT2D eigenvalue weighted by atomic mass is 31.4. The van der Waals surface area contributed by atoms with Crippen LogP contribution >= 0.6 is 7.47 Å². The van der Waals surface area contributed by atoms with Crippen molar-refractivity contribution in [1.29, 1.82) is 0 Å². The van der Waals surface area contributed by atoms with Crippen LogP contribution in [0.4, 0.5) is 0 Å². The van der Waals surface area contributed by atoms with Gasteiger partial charge in [0.25, 0.3) is 0 Å². The number of hydrogen-bond donors (Lipinski definition) is 0. The minimum absolute atomic E-state index is 0.123. The van der Waals surface area contributed by atoms with Crippen LogP contribution < -0.4 is 0 Å². The second kappa shape index (κ2) is 3.80. The number of hydrogen-bond acceptors (Lipinski definition) is 0. The quantitative estimate of drug-likeness (QED) is 0.440. The molecule has 0 bridgehead atoms. The Kier molecular flexibility index (Phi) is 4.00. The Bertz CT molecular complexity index is 125. The Morgan fingerprint density at radius 2 is 1.00 bits per heavy atom. The average molecular weight is 203 g/mol. The van der Waals surface area contributed by atoms with E-state index in [1.54, 1.807) is 0 Å². The van der Waals surface area contributed by atoms with Gasteiger partial charge in [-0.1, -0.05) is 54.6 Å². The lowest BCUT2D eigenvalue weighted by Crippen LogP contribution is -2.30. The summed E-state index contributed by atoms with van der Waals surface area (Å²) in [6.07, 6.45) is 0. The van der Waals surface area contributed by atoms with E-state index in [1.807, 2.05) is 0 Å². The maximum atomic E-state index is 2.47. The van der Waals surface area contributed by atoms with Gasteiger partial charge in [-0.3, -0.25) is 0 Å². The molecule has 0 spiro atoms. The second-order valence-electron chi connectivity index (χ2n) is 5.62. The van der Waals surface area contributed by atoms with E-state index >= 15 is 0 Å². The molecule has 0 atom stereocenters. The van der Waals surface area contributed by atoms with E-state index in [-0.39, 0.29) is 15.9 Å². The van der Waals surface area contributed by atoms with Crippen LogP contribution in [0.3, 0.4) is 0 Å². The highest BCUT2D eigenvalue weighted by molar-refractivity contribution is 7.92. The zero-order chi connectivity index (χ0) is 10.2. The van der Waals surface area contributed by atoms with Gasteiger partial charge in [-0.15, -0.1) is 7.47 Å². The Morgan fingerprint density at radius 1 is 0.750 bits per heavy atom. The zero-order valence-corrected chi connectivity index (χ0v) is 11.8. The summed E-state index contributed by atoms with van der Waals surface area (Å²) in [4.78, 5) is 0. The summed E-state index contributed by atoms with van der Waals surface area (Å²) in [5, 5.41) is 1.07. The Labute approximate surface area is 81.4 Å². The Hall–Kier alpha value is 0.647. The predicted molar refractivity (Wildman–Crippen MR) is 63.9 cm³/mol. The zero-order valence-electron chi connectivity index (χ0n) is 9.95. The smallest absolute Gasteiger partial charge is 0.0747 e. The van der Waals surface area contributed by atoms with E-state index in [4.69, 9.17) is 0 Å². The molecule has 0 heterocycles. The average Bonchev–Trinajstić information content (AvgIpc) is 1.49. The molecule has 0 saturated carbocycles. The van der Waals surface area contributed by atoms with E-state index < -0.39 is 0 Å². The lowest BCUT2D eigenvalue weighted by molar-refractivity contribution is 0.718. The van der Waals surface area contributed by atoms with Crippen molar-refractivity contribution in [3.05, 3.63) is 0 Å². The van der Waals surface area contributed by atoms with Crippen molar-refractivity contribution >= 4 is 15.9 Å². The molecule has 12 heavy (non-hydrogen) atoms. The molecular formula is C10H24PSi. The molecule has 73 valence electrons. The fourth-order valence-corrected chi connectivity index (χ4v) is 15.1. The Balaban J connectivity index is 4.70. The predicted octanol–water partition coefficient (Wildman–Crippen LogP) is 4.32. The van der Waals surface area contributed by atoms with Crippen LogP contribution in [0.2, 0.25) is 13.1 Å². The molecule has 0 unspecified atom stereocenters. The Morgan fingerprint density at radius 3 is 1.00 bits per heavy atom. The fourth-order valence-electron chi connectivity index (χ4n) is 2.35. The molecule has 0 aliphatic heterocycles.